The van der Waals surface area contributed by atoms with Crippen molar-refractivity contribution in [1.29, 1.82) is 0 Å². The minimum absolute atomic E-state index is 0.456. The van der Waals surface area contributed by atoms with Gasteiger partial charge in [0.15, 0.2) is 5.84 Å². The topological polar surface area (TPSA) is 87.5 Å². The Morgan fingerprint density at radius 1 is 1.25 bits per heavy atom. The quantitative estimate of drug-likeness (QED) is 0.495. The molecule has 0 amide bonds. The van der Waals surface area contributed by atoms with Gasteiger partial charge in [-0.1, -0.05) is 5.22 Å². The summed E-state index contributed by atoms with van der Waals surface area (Å²) in [6.45, 7) is 0. The standard InChI is InChI=1S/C9H9IN6/c10-6-1-3-7(4-2-6)12-16-15-9-5-8(11)13-14-9/h1-4H,5H2,(H2,11,13)(H,12,14,15). The van der Waals surface area contributed by atoms with Crippen LogP contribution in [0.1, 0.15) is 6.42 Å². The van der Waals surface area contributed by atoms with E-state index in [4.69, 9.17) is 5.73 Å². The van der Waals surface area contributed by atoms with Gasteiger partial charge in [0.25, 0.3) is 0 Å². The zero-order valence-corrected chi connectivity index (χ0v) is 10.4. The maximum Gasteiger partial charge on any atom is 0.182 e. The highest BCUT2D eigenvalue weighted by Crippen LogP contribution is 2.11. The fourth-order valence-electron chi connectivity index (χ4n) is 1.07. The van der Waals surface area contributed by atoms with Crippen molar-refractivity contribution in [3.05, 3.63) is 27.8 Å². The Morgan fingerprint density at radius 2 is 2.00 bits per heavy atom. The van der Waals surface area contributed by atoms with Crippen LogP contribution in [0.3, 0.4) is 0 Å². The van der Waals surface area contributed by atoms with Crippen LogP contribution in [-0.2, 0) is 0 Å². The summed E-state index contributed by atoms with van der Waals surface area (Å²) in [6.07, 6.45) is 0.456. The maximum absolute atomic E-state index is 5.44. The van der Waals surface area contributed by atoms with Gasteiger partial charge >= 0.3 is 0 Å². The Bertz CT molecular complexity index is 461. The van der Waals surface area contributed by atoms with Crippen LogP contribution in [0, 0.1) is 3.57 Å². The summed E-state index contributed by atoms with van der Waals surface area (Å²) in [4.78, 5) is 0. The molecule has 0 aliphatic carbocycles. The van der Waals surface area contributed by atoms with Crippen molar-refractivity contribution in [2.24, 2.45) is 26.3 Å². The van der Waals surface area contributed by atoms with Crippen molar-refractivity contribution in [2.75, 3.05) is 5.43 Å². The number of hydrogen-bond donors (Lipinski definition) is 2. The van der Waals surface area contributed by atoms with Crippen LogP contribution in [0.25, 0.3) is 0 Å². The van der Waals surface area contributed by atoms with Gasteiger partial charge in [-0.2, -0.15) is 0 Å². The molecule has 0 atom stereocenters. The lowest BCUT2D eigenvalue weighted by atomic mass is 10.3. The van der Waals surface area contributed by atoms with E-state index in [-0.39, 0.29) is 0 Å². The molecule has 1 heterocycles. The molecule has 1 aliphatic heterocycles. The molecule has 1 aliphatic rings. The number of hydrogen-bond acceptors (Lipinski definition) is 5. The zero-order chi connectivity index (χ0) is 11.4. The summed E-state index contributed by atoms with van der Waals surface area (Å²) >= 11 is 2.24. The summed E-state index contributed by atoms with van der Waals surface area (Å²) in [5.74, 6) is 0.971. The largest absolute Gasteiger partial charge is 0.385 e. The van der Waals surface area contributed by atoms with Crippen molar-refractivity contribution < 1.29 is 0 Å². The SMILES string of the molecule is NC1=NN=C(N=NNc2ccc(I)cc2)C1. The monoisotopic (exact) mass is 328 g/mol. The third kappa shape index (κ3) is 2.99. The van der Waals surface area contributed by atoms with E-state index in [1.807, 2.05) is 24.3 Å². The van der Waals surface area contributed by atoms with E-state index in [2.05, 4.69) is 48.6 Å². The van der Waals surface area contributed by atoms with Crippen LogP contribution in [0.2, 0.25) is 0 Å². The first-order chi connectivity index (χ1) is 7.74. The average Bonchev–Trinajstić information content (AvgIpc) is 2.67. The Balaban J connectivity index is 1.88. The van der Waals surface area contributed by atoms with Crippen molar-refractivity contribution in [3.63, 3.8) is 0 Å². The van der Waals surface area contributed by atoms with Crippen molar-refractivity contribution in [2.45, 2.75) is 6.42 Å². The summed E-state index contributed by atoms with van der Waals surface area (Å²) in [7, 11) is 0. The number of benzene rings is 1. The summed E-state index contributed by atoms with van der Waals surface area (Å²) in [5.41, 5.74) is 9.11. The molecule has 3 N–H and O–H groups in total. The molecule has 0 spiro atoms. The molecule has 0 unspecified atom stereocenters. The first kappa shape index (κ1) is 11.0. The molecule has 0 radical (unpaired) electrons. The first-order valence-electron chi connectivity index (χ1n) is 4.55. The number of anilines is 1. The molecule has 6 nitrogen and oxygen atoms in total. The Labute approximate surface area is 106 Å². The predicted molar refractivity (Wildman–Crippen MR) is 71.3 cm³/mol. The number of nitrogens with two attached hydrogens (primary N) is 1. The maximum atomic E-state index is 5.44. The third-order valence-corrected chi connectivity index (χ3v) is 2.54. The van der Waals surface area contributed by atoms with E-state index >= 15 is 0 Å². The molecule has 0 bridgehead atoms. The Morgan fingerprint density at radius 3 is 2.62 bits per heavy atom. The molecule has 82 valence electrons. The molecule has 1 aromatic carbocycles. The summed E-state index contributed by atoms with van der Waals surface area (Å²) < 4.78 is 1.17. The van der Waals surface area contributed by atoms with Gasteiger partial charge in [-0.25, -0.2) is 0 Å². The average molecular weight is 328 g/mol. The molecule has 2 rings (SSSR count). The van der Waals surface area contributed by atoms with Crippen molar-refractivity contribution in [1.82, 2.24) is 0 Å². The second-order valence-electron chi connectivity index (χ2n) is 3.10. The van der Waals surface area contributed by atoms with Gasteiger partial charge in [0.1, 0.15) is 5.84 Å². The van der Waals surface area contributed by atoms with Gasteiger partial charge in [-0.15, -0.1) is 15.3 Å². The fraction of sp³-hybridized carbons (Fsp3) is 0.111. The van der Waals surface area contributed by atoms with Crippen LogP contribution >= 0.6 is 22.6 Å². The molecular formula is C9H9IN6. The van der Waals surface area contributed by atoms with Crippen LogP contribution < -0.4 is 11.2 Å². The molecule has 0 saturated carbocycles. The summed E-state index contributed by atoms with van der Waals surface area (Å²) in [6, 6.07) is 7.80. The fourth-order valence-corrected chi connectivity index (χ4v) is 1.43. The highest BCUT2D eigenvalue weighted by Gasteiger charge is 2.07. The van der Waals surface area contributed by atoms with E-state index in [1.165, 1.54) is 3.57 Å². The van der Waals surface area contributed by atoms with E-state index in [9.17, 15) is 0 Å². The lowest BCUT2D eigenvalue weighted by Gasteiger charge is -1.97. The molecule has 0 aromatic heterocycles. The minimum atomic E-state index is 0.456. The predicted octanol–water partition coefficient (Wildman–Crippen LogP) is 2.14. The number of halogens is 1. The van der Waals surface area contributed by atoms with E-state index in [1.54, 1.807) is 0 Å². The molecule has 0 saturated heterocycles. The molecule has 0 fully saturated rings. The minimum Gasteiger partial charge on any atom is -0.385 e. The van der Waals surface area contributed by atoms with E-state index in [0.29, 0.717) is 18.1 Å². The van der Waals surface area contributed by atoms with Crippen molar-refractivity contribution >= 4 is 39.9 Å². The van der Waals surface area contributed by atoms with Gasteiger partial charge in [-0.05, 0) is 46.9 Å². The van der Waals surface area contributed by atoms with Crippen LogP contribution in [0.4, 0.5) is 5.69 Å². The van der Waals surface area contributed by atoms with E-state index in [0.717, 1.165) is 5.69 Å². The Hall–Kier alpha value is -1.51. The van der Waals surface area contributed by atoms with E-state index < -0.39 is 0 Å². The second kappa shape index (κ2) is 5.01. The smallest absolute Gasteiger partial charge is 0.182 e. The lowest BCUT2D eigenvalue weighted by molar-refractivity contribution is 1.13. The van der Waals surface area contributed by atoms with Gasteiger partial charge in [0.2, 0.25) is 0 Å². The molecule has 16 heavy (non-hydrogen) atoms. The van der Waals surface area contributed by atoms with Gasteiger partial charge in [0.05, 0.1) is 12.1 Å². The lowest BCUT2D eigenvalue weighted by Crippen LogP contribution is -2.10. The van der Waals surface area contributed by atoms with Crippen LogP contribution in [-0.4, -0.2) is 11.7 Å². The third-order valence-electron chi connectivity index (χ3n) is 1.82. The van der Waals surface area contributed by atoms with Crippen LogP contribution in [0.5, 0.6) is 0 Å². The van der Waals surface area contributed by atoms with Gasteiger partial charge in [-0.3, -0.25) is 5.43 Å². The number of nitrogens with zero attached hydrogens (tertiary/aromatic N) is 4. The second-order valence-corrected chi connectivity index (χ2v) is 4.35. The highest BCUT2D eigenvalue weighted by atomic mass is 127. The van der Waals surface area contributed by atoms with Gasteiger partial charge in [0, 0.05) is 3.57 Å². The van der Waals surface area contributed by atoms with Crippen LogP contribution in [0.15, 0.2) is 44.8 Å². The zero-order valence-electron chi connectivity index (χ0n) is 8.26. The summed E-state index contributed by atoms with van der Waals surface area (Å²) in [5, 5.41) is 15.1. The normalized spacial score (nSPS) is 15.1. The molecular weight excluding hydrogens is 319 g/mol. The number of rotatable bonds is 2. The highest BCUT2D eigenvalue weighted by molar-refractivity contribution is 14.1. The Kier molecular flexibility index (Phi) is 3.44. The van der Waals surface area contributed by atoms with Gasteiger partial charge < -0.3 is 5.73 Å². The van der Waals surface area contributed by atoms with Crippen molar-refractivity contribution in [3.8, 4) is 0 Å². The molecule has 1 aromatic rings. The number of amidine groups is 2. The molecule has 7 heteroatoms. The number of nitrogens with one attached hydrogen (secondary N) is 1. The first-order valence-corrected chi connectivity index (χ1v) is 5.63.